The van der Waals surface area contributed by atoms with E-state index in [4.69, 9.17) is 11.6 Å². The highest BCUT2D eigenvalue weighted by molar-refractivity contribution is 6.16. The fraction of sp³-hybridized carbons (Fsp3) is 0.833. The van der Waals surface area contributed by atoms with Gasteiger partial charge in [-0.2, -0.15) is 0 Å². The Kier molecular flexibility index (Phi) is 4.00. The number of aromatic nitrogens is 3. The Hall–Kier alpha value is -0.570. The zero-order valence-corrected chi connectivity index (χ0v) is 11.8. The molecule has 0 fully saturated rings. The molecule has 0 saturated heterocycles. The standard InChI is InChI=1S/C12H22ClN3/c1-8(2)9(3)11-15-14-10(7-13)16(11)12(4,5)6/h8-9H,7H2,1-6H3. The SMILES string of the molecule is CC(C)C(C)c1nnc(CCl)n1C(C)(C)C. The summed E-state index contributed by atoms with van der Waals surface area (Å²) in [6, 6.07) is 0. The van der Waals surface area contributed by atoms with E-state index >= 15 is 0 Å². The zero-order chi connectivity index (χ0) is 12.5. The molecule has 0 aliphatic rings. The van der Waals surface area contributed by atoms with Crippen molar-refractivity contribution in [3.8, 4) is 0 Å². The summed E-state index contributed by atoms with van der Waals surface area (Å²) in [6.07, 6.45) is 0. The smallest absolute Gasteiger partial charge is 0.148 e. The van der Waals surface area contributed by atoms with E-state index in [1.54, 1.807) is 0 Å². The highest BCUT2D eigenvalue weighted by atomic mass is 35.5. The molecule has 0 aliphatic heterocycles. The third kappa shape index (κ3) is 2.57. The lowest BCUT2D eigenvalue weighted by atomic mass is 9.96. The molecule has 1 atom stereocenters. The quantitative estimate of drug-likeness (QED) is 0.761. The monoisotopic (exact) mass is 243 g/mol. The number of hydrogen-bond acceptors (Lipinski definition) is 2. The van der Waals surface area contributed by atoms with Gasteiger partial charge < -0.3 is 4.57 Å². The minimum absolute atomic E-state index is 0.0216. The molecule has 1 aromatic heterocycles. The van der Waals surface area contributed by atoms with E-state index in [1.807, 2.05) is 0 Å². The second-order valence-corrected chi connectivity index (χ2v) is 5.91. The number of rotatable bonds is 3. The van der Waals surface area contributed by atoms with E-state index in [1.165, 1.54) is 0 Å². The first kappa shape index (κ1) is 13.5. The first-order chi connectivity index (χ1) is 7.29. The predicted molar refractivity (Wildman–Crippen MR) is 67.8 cm³/mol. The molecule has 92 valence electrons. The Bertz CT molecular complexity index is 350. The van der Waals surface area contributed by atoms with Crippen LogP contribution in [0.5, 0.6) is 0 Å². The van der Waals surface area contributed by atoms with Crippen LogP contribution in [0.4, 0.5) is 0 Å². The van der Waals surface area contributed by atoms with Crippen LogP contribution in [0.3, 0.4) is 0 Å². The molecule has 0 amide bonds. The van der Waals surface area contributed by atoms with Crippen molar-refractivity contribution in [2.45, 2.75) is 58.9 Å². The molecule has 0 aliphatic carbocycles. The van der Waals surface area contributed by atoms with Gasteiger partial charge in [0, 0.05) is 11.5 Å². The zero-order valence-electron chi connectivity index (χ0n) is 11.1. The van der Waals surface area contributed by atoms with Crippen LogP contribution in [0.1, 0.15) is 59.1 Å². The molecule has 0 radical (unpaired) electrons. The summed E-state index contributed by atoms with van der Waals surface area (Å²) in [5, 5.41) is 8.49. The van der Waals surface area contributed by atoms with Crippen LogP contribution in [0.15, 0.2) is 0 Å². The highest BCUT2D eigenvalue weighted by Crippen LogP contribution is 2.28. The molecule has 0 aromatic carbocycles. The van der Waals surface area contributed by atoms with Gasteiger partial charge in [-0.05, 0) is 26.7 Å². The maximum absolute atomic E-state index is 5.91. The lowest BCUT2D eigenvalue weighted by Crippen LogP contribution is -2.27. The van der Waals surface area contributed by atoms with E-state index < -0.39 is 0 Å². The van der Waals surface area contributed by atoms with Gasteiger partial charge in [0.25, 0.3) is 0 Å². The van der Waals surface area contributed by atoms with Gasteiger partial charge >= 0.3 is 0 Å². The van der Waals surface area contributed by atoms with Gasteiger partial charge in [-0.1, -0.05) is 20.8 Å². The normalized spacial score (nSPS) is 14.5. The van der Waals surface area contributed by atoms with Crippen molar-refractivity contribution in [1.82, 2.24) is 14.8 Å². The van der Waals surface area contributed by atoms with E-state index in [0.29, 0.717) is 17.7 Å². The molecule has 4 heteroatoms. The Morgan fingerprint density at radius 1 is 1.19 bits per heavy atom. The average Bonchev–Trinajstić information content (AvgIpc) is 2.58. The number of halogens is 1. The van der Waals surface area contributed by atoms with Crippen molar-refractivity contribution >= 4 is 11.6 Å². The number of nitrogens with zero attached hydrogens (tertiary/aromatic N) is 3. The van der Waals surface area contributed by atoms with E-state index in [-0.39, 0.29) is 5.54 Å². The van der Waals surface area contributed by atoms with E-state index in [0.717, 1.165) is 11.6 Å². The van der Waals surface area contributed by atoms with Gasteiger partial charge in [0.1, 0.15) is 11.6 Å². The van der Waals surface area contributed by atoms with Crippen molar-refractivity contribution in [3.63, 3.8) is 0 Å². The summed E-state index contributed by atoms with van der Waals surface area (Å²) < 4.78 is 2.17. The van der Waals surface area contributed by atoms with Crippen LogP contribution < -0.4 is 0 Å². The molecule has 0 spiro atoms. The Morgan fingerprint density at radius 2 is 1.75 bits per heavy atom. The Balaban J connectivity index is 3.25. The number of alkyl halides is 1. The summed E-state index contributed by atoms with van der Waals surface area (Å²) >= 11 is 5.91. The third-order valence-corrected chi connectivity index (χ3v) is 3.19. The van der Waals surface area contributed by atoms with Crippen LogP contribution in [0, 0.1) is 5.92 Å². The maximum atomic E-state index is 5.91. The minimum atomic E-state index is -0.0216. The van der Waals surface area contributed by atoms with Crippen LogP contribution in [-0.2, 0) is 11.4 Å². The number of hydrogen-bond donors (Lipinski definition) is 0. The van der Waals surface area contributed by atoms with Crippen LogP contribution in [0.2, 0.25) is 0 Å². The van der Waals surface area contributed by atoms with Gasteiger partial charge in [-0.25, -0.2) is 0 Å². The molecule has 1 heterocycles. The summed E-state index contributed by atoms with van der Waals surface area (Å²) in [5.74, 6) is 3.25. The Labute approximate surface area is 103 Å². The molecule has 1 aromatic rings. The summed E-state index contributed by atoms with van der Waals surface area (Å²) in [7, 11) is 0. The van der Waals surface area contributed by atoms with Crippen molar-refractivity contribution in [2.75, 3.05) is 0 Å². The second kappa shape index (κ2) is 4.74. The fourth-order valence-electron chi connectivity index (χ4n) is 1.74. The largest absolute Gasteiger partial charge is 0.308 e. The van der Waals surface area contributed by atoms with E-state index in [9.17, 15) is 0 Å². The molecule has 16 heavy (non-hydrogen) atoms. The second-order valence-electron chi connectivity index (χ2n) is 5.65. The van der Waals surface area contributed by atoms with Gasteiger partial charge in [-0.15, -0.1) is 21.8 Å². The Morgan fingerprint density at radius 3 is 2.12 bits per heavy atom. The molecule has 1 rings (SSSR count). The fourth-order valence-corrected chi connectivity index (χ4v) is 1.91. The van der Waals surface area contributed by atoms with Gasteiger partial charge in [0.05, 0.1) is 5.88 Å². The van der Waals surface area contributed by atoms with Crippen molar-refractivity contribution in [1.29, 1.82) is 0 Å². The van der Waals surface area contributed by atoms with Crippen LogP contribution in [-0.4, -0.2) is 14.8 Å². The average molecular weight is 244 g/mol. The first-order valence-corrected chi connectivity index (χ1v) is 6.33. The molecule has 0 N–H and O–H groups in total. The van der Waals surface area contributed by atoms with Crippen molar-refractivity contribution < 1.29 is 0 Å². The summed E-state index contributed by atoms with van der Waals surface area (Å²) in [6.45, 7) is 13.1. The van der Waals surface area contributed by atoms with Gasteiger partial charge in [0.15, 0.2) is 0 Å². The summed E-state index contributed by atoms with van der Waals surface area (Å²) in [4.78, 5) is 0. The van der Waals surface area contributed by atoms with Crippen LogP contribution >= 0.6 is 11.6 Å². The van der Waals surface area contributed by atoms with Crippen molar-refractivity contribution in [2.24, 2.45) is 5.92 Å². The van der Waals surface area contributed by atoms with Crippen LogP contribution in [0.25, 0.3) is 0 Å². The third-order valence-electron chi connectivity index (χ3n) is 2.95. The molecule has 0 bridgehead atoms. The molecular weight excluding hydrogens is 222 g/mol. The van der Waals surface area contributed by atoms with E-state index in [2.05, 4.69) is 56.3 Å². The molecule has 1 unspecified atom stereocenters. The lowest BCUT2D eigenvalue weighted by molar-refractivity contribution is 0.351. The maximum Gasteiger partial charge on any atom is 0.148 e. The molecule has 3 nitrogen and oxygen atoms in total. The minimum Gasteiger partial charge on any atom is -0.308 e. The molecular formula is C12H22ClN3. The lowest BCUT2D eigenvalue weighted by Gasteiger charge is -2.27. The molecule has 0 saturated carbocycles. The predicted octanol–water partition coefficient (Wildman–Crippen LogP) is 3.53. The highest BCUT2D eigenvalue weighted by Gasteiger charge is 2.26. The summed E-state index contributed by atoms with van der Waals surface area (Å²) in [5.41, 5.74) is -0.0216. The first-order valence-electron chi connectivity index (χ1n) is 5.79. The van der Waals surface area contributed by atoms with Gasteiger partial charge in [0.2, 0.25) is 0 Å². The van der Waals surface area contributed by atoms with Gasteiger partial charge in [-0.3, -0.25) is 0 Å². The van der Waals surface area contributed by atoms with Crippen molar-refractivity contribution in [3.05, 3.63) is 11.6 Å². The topological polar surface area (TPSA) is 30.7 Å².